The van der Waals surface area contributed by atoms with Crippen molar-refractivity contribution in [3.63, 3.8) is 0 Å². The van der Waals surface area contributed by atoms with Crippen LogP contribution in [0.25, 0.3) is 6.08 Å². The topological polar surface area (TPSA) is 61.5 Å². The van der Waals surface area contributed by atoms with Gasteiger partial charge in [0.25, 0.3) is 0 Å². The third-order valence-corrected chi connectivity index (χ3v) is 3.80. The molecule has 0 saturated carbocycles. The minimum Gasteiger partial charge on any atom is -0.493 e. The number of carbonyl (C=O) groups excluding carboxylic acids is 1. The van der Waals surface area contributed by atoms with Crippen LogP contribution in [0.5, 0.6) is 11.5 Å². The summed E-state index contributed by atoms with van der Waals surface area (Å²) < 4.78 is 12.1. The van der Waals surface area contributed by atoms with Crippen molar-refractivity contribution >= 4 is 39.5 Å². The van der Waals surface area contributed by atoms with E-state index in [2.05, 4.69) is 15.9 Å². The first kappa shape index (κ1) is 17.4. The molecule has 0 spiro atoms. The van der Waals surface area contributed by atoms with E-state index in [1.54, 1.807) is 18.2 Å². The Morgan fingerprint density at radius 1 is 1.30 bits per heavy atom. The molecule has 2 N–H and O–H groups in total. The maximum atomic E-state index is 10.8. The Labute approximate surface area is 148 Å². The number of carbonyl (C=O) groups is 1. The summed E-state index contributed by atoms with van der Waals surface area (Å²) in [6.07, 6.45) is 2.82. The Bertz CT molecular complexity index is 729. The van der Waals surface area contributed by atoms with Crippen molar-refractivity contribution in [1.82, 2.24) is 0 Å². The molecule has 2 rings (SSSR count). The van der Waals surface area contributed by atoms with Gasteiger partial charge in [-0.25, -0.2) is 0 Å². The zero-order valence-corrected chi connectivity index (χ0v) is 14.7. The highest BCUT2D eigenvalue weighted by atomic mass is 79.9. The highest BCUT2D eigenvalue weighted by Crippen LogP contribution is 2.37. The molecule has 0 aliphatic carbocycles. The lowest BCUT2D eigenvalue weighted by atomic mass is 10.2. The van der Waals surface area contributed by atoms with Crippen LogP contribution in [0.3, 0.4) is 0 Å². The van der Waals surface area contributed by atoms with Gasteiger partial charge in [-0.1, -0.05) is 39.7 Å². The number of amides is 1. The molecular formula is C17H15BrClNO3. The number of rotatable bonds is 6. The highest BCUT2D eigenvalue weighted by Gasteiger charge is 2.11. The quantitative estimate of drug-likeness (QED) is 0.745. The first-order chi connectivity index (χ1) is 11.0. The molecule has 120 valence electrons. The van der Waals surface area contributed by atoms with E-state index in [0.717, 1.165) is 10.0 Å². The van der Waals surface area contributed by atoms with Crippen molar-refractivity contribution in [2.45, 2.75) is 6.61 Å². The second-order valence-corrected chi connectivity index (χ2v) is 6.01. The first-order valence-electron chi connectivity index (χ1n) is 6.72. The summed E-state index contributed by atoms with van der Waals surface area (Å²) in [7, 11) is 1.53. The molecule has 23 heavy (non-hydrogen) atoms. The second kappa shape index (κ2) is 8.04. The molecule has 0 aliphatic rings. The number of ether oxygens (including phenoxy) is 2. The minimum atomic E-state index is -0.532. The van der Waals surface area contributed by atoms with Gasteiger partial charge in [-0.3, -0.25) is 4.79 Å². The SMILES string of the molecule is COc1cc(/C=C/C(N)=O)cc(Cl)c1OCc1ccc(Br)cc1. The van der Waals surface area contributed by atoms with Gasteiger partial charge >= 0.3 is 0 Å². The summed E-state index contributed by atoms with van der Waals surface area (Å²) in [5, 5.41) is 0.394. The van der Waals surface area contributed by atoms with Crippen LogP contribution in [0, 0.1) is 0 Å². The van der Waals surface area contributed by atoms with Gasteiger partial charge in [-0.15, -0.1) is 0 Å². The molecule has 0 aromatic heterocycles. The lowest BCUT2D eigenvalue weighted by Gasteiger charge is -2.13. The van der Waals surface area contributed by atoms with Crippen molar-refractivity contribution in [2.24, 2.45) is 5.73 Å². The maximum Gasteiger partial charge on any atom is 0.241 e. The molecule has 0 radical (unpaired) electrons. The minimum absolute atomic E-state index is 0.361. The molecule has 6 heteroatoms. The smallest absolute Gasteiger partial charge is 0.241 e. The molecule has 0 fully saturated rings. The number of primary amides is 1. The summed E-state index contributed by atoms with van der Waals surface area (Å²) in [4.78, 5) is 10.8. The third-order valence-electron chi connectivity index (χ3n) is 2.99. The molecule has 0 atom stereocenters. The number of methoxy groups -OCH3 is 1. The van der Waals surface area contributed by atoms with Crippen LogP contribution in [0.2, 0.25) is 5.02 Å². The molecule has 0 saturated heterocycles. The van der Waals surface area contributed by atoms with E-state index >= 15 is 0 Å². The molecule has 2 aromatic carbocycles. The van der Waals surface area contributed by atoms with Crippen LogP contribution in [0.4, 0.5) is 0 Å². The summed E-state index contributed by atoms with van der Waals surface area (Å²) in [5.41, 5.74) is 6.78. The molecule has 0 heterocycles. The Hall–Kier alpha value is -1.98. The van der Waals surface area contributed by atoms with E-state index in [4.69, 9.17) is 26.8 Å². The monoisotopic (exact) mass is 395 g/mol. The molecular weight excluding hydrogens is 382 g/mol. The largest absolute Gasteiger partial charge is 0.493 e. The standard InChI is InChI=1S/C17H15BrClNO3/c1-22-15-9-12(4-7-16(20)21)8-14(19)17(15)23-10-11-2-5-13(18)6-3-11/h2-9H,10H2,1H3,(H2,20,21)/b7-4+. The van der Waals surface area contributed by atoms with Crippen LogP contribution < -0.4 is 15.2 Å². The van der Waals surface area contributed by atoms with Crippen molar-refractivity contribution in [3.05, 3.63) is 63.1 Å². The van der Waals surface area contributed by atoms with E-state index in [1.165, 1.54) is 13.2 Å². The summed E-state index contributed by atoms with van der Waals surface area (Å²) in [6, 6.07) is 11.2. The molecule has 0 aliphatic heterocycles. The number of hydrogen-bond donors (Lipinski definition) is 1. The van der Waals surface area contributed by atoms with Crippen molar-refractivity contribution in [1.29, 1.82) is 0 Å². The Morgan fingerprint density at radius 2 is 2.00 bits per heavy atom. The lowest BCUT2D eigenvalue weighted by Crippen LogP contribution is -2.05. The van der Waals surface area contributed by atoms with Crippen LogP contribution in [-0.2, 0) is 11.4 Å². The molecule has 0 unspecified atom stereocenters. The number of hydrogen-bond acceptors (Lipinski definition) is 3. The van der Waals surface area contributed by atoms with Gasteiger partial charge in [-0.05, 0) is 41.5 Å². The Kier molecular flexibility index (Phi) is 6.07. The Morgan fingerprint density at radius 3 is 2.61 bits per heavy atom. The fraction of sp³-hybridized carbons (Fsp3) is 0.118. The van der Waals surface area contributed by atoms with Crippen molar-refractivity contribution < 1.29 is 14.3 Å². The van der Waals surface area contributed by atoms with Gasteiger partial charge in [0.15, 0.2) is 11.5 Å². The fourth-order valence-electron chi connectivity index (χ4n) is 1.89. The molecule has 4 nitrogen and oxygen atoms in total. The van der Waals surface area contributed by atoms with Gasteiger partial charge in [0, 0.05) is 10.5 Å². The van der Waals surface area contributed by atoms with E-state index in [0.29, 0.717) is 28.7 Å². The number of benzene rings is 2. The number of nitrogens with two attached hydrogens (primary N) is 1. The normalized spacial score (nSPS) is 10.7. The van der Waals surface area contributed by atoms with Gasteiger partial charge in [-0.2, -0.15) is 0 Å². The summed E-state index contributed by atoms with van der Waals surface area (Å²) in [6.45, 7) is 0.361. The van der Waals surface area contributed by atoms with Gasteiger partial charge in [0.1, 0.15) is 6.61 Å². The van der Waals surface area contributed by atoms with Crippen molar-refractivity contribution in [2.75, 3.05) is 7.11 Å². The predicted molar refractivity (Wildman–Crippen MR) is 94.7 cm³/mol. The molecule has 1 amide bonds. The van der Waals surface area contributed by atoms with E-state index in [-0.39, 0.29) is 0 Å². The maximum absolute atomic E-state index is 10.8. The third kappa shape index (κ3) is 5.01. The summed E-state index contributed by atoms with van der Waals surface area (Å²) in [5.74, 6) is 0.405. The zero-order chi connectivity index (χ0) is 16.8. The van der Waals surface area contributed by atoms with Gasteiger partial charge in [0.05, 0.1) is 12.1 Å². The van der Waals surface area contributed by atoms with Crippen LogP contribution in [-0.4, -0.2) is 13.0 Å². The zero-order valence-electron chi connectivity index (χ0n) is 12.4. The average molecular weight is 397 g/mol. The van der Waals surface area contributed by atoms with Gasteiger partial charge in [0.2, 0.25) is 5.91 Å². The van der Waals surface area contributed by atoms with Crippen LogP contribution >= 0.6 is 27.5 Å². The van der Waals surface area contributed by atoms with E-state index in [1.807, 2.05) is 24.3 Å². The van der Waals surface area contributed by atoms with Crippen LogP contribution in [0.1, 0.15) is 11.1 Å². The number of halogens is 2. The van der Waals surface area contributed by atoms with E-state index in [9.17, 15) is 4.79 Å². The lowest BCUT2D eigenvalue weighted by molar-refractivity contribution is -0.113. The second-order valence-electron chi connectivity index (χ2n) is 4.68. The van der Waals surface area contributed by atoms with Crippen molar-refractivity contribution in [3.8, 4) is 11.5 Å². The average Bonchev–Trinajstić information content (AvgIpc) is 2.53. The Balaban J connectivity index is 2.20. The summed E-state index contributed by atoms with van der Waals surface area (Å²) >= 11 is 9.64. The molecule has 2 aromatic rings. The first-order valence-corrected chi connectivity index (χ1v) is 7.89. The van der Waals surface area contributed by atoms with Gasteiger partial charge < -0.3 is 15.2 Å². The van der Waals surface area contributed by atoms with Crippen LogP contribution in [0.15, 0.2) is 46.9 Å². The predicted octanol–water partition coefficient (Wildman–Crippen LogP) is 4.19. The molecule has 0 bridgehead atoms. The highest BCUT2D eigenvalue weighted by molar-refractivity contribution is 9.10. The fourth-order valence-corrected chi connectivity index (χ4v) is 2.43. The van der Waals surface area contributed by atoms with E-state index < -0.39 is 5.91 Å².